The van der Waals surface area contributed by atoms with Crippen LogP contribution in [-0.4, -0.2) is 37.9 Å². The molecule has 1 saturated heterocycles. The smallest absolute Gasteiger partial charge is 0.226 e. The molecule has 1 aliphatic heterocycles. The number of carbonyl (C=O) groups is 2. The minimum absolute atomic E-state index is 0.0486. The highest BCUT2D eigenvalue weighted by molar-refractivity contribution is 5.85. The molecule has 1 aromatic rings. The standard InChI is InChI=1S/C16H21NO4/c1-4-14-12(10-18)9-17(16(14)19)8-11-5-6-13(20-2)7-15(11)21-3/h5-7,10,12,14H,4,8-9H2,1-3H3/t12-,14-/m1/s1. The molecule has 0 unspecified atom stereocenters. The Morgan fingerprint density at radius 2 is 2.10 bits per heavy atom. The van der Waals surface area contributed by atoms with Gasteiger partial charge < -0.3 is 19.2 Å². The number of ether oxygens (including phenoxy) is 2. The first-order valence-corrected chi connectivity index (χ1v) is 7.09. The highest BCUT2D eigenvalue weighted by Gasteiger charge is 2.38. The molecule has 0 radical (unpaired) electrons. The van der Waals surface area contributed by atoms with E-state index in [1.54, 1.807) is 25.2 Å². The lowest BCUT2D eigenvalue weighted by Crippen LogP contribution is -2.26. The van der Waals surface area contributed by atoms with Crippen molar-refractivity contribution in [2.45, 2.75) is 19.9 Å². The second-order valence-electron chi connectivity index (χ2n) is 5.21. The molecule has 5 nitrogen and oxygen atoms in total. The van der Waals surface area contributed by atoms with Gasteiger partial charge in [-0.3, -0.25) is 4.79 Å². The van der Waals surface area contributed by atoms with Crippen molar-refractivity contribution in [1.82, 2.24) is 4.90 Å². The monoisotopic (exact) mass is 291 g/mol. The highest BCUT2D eigenvalue weighted by Crippen LogP contribution is 2.31. The van der Waals surface area contributed by atoms with Gasteiger partial charge in [0.25, 0.3) is 0 Å². The summed E-state index contributed by atoms with van der Waals surface area (Å²) >= 11 is 0. The number of nitrogens with zero attached hydrogens (tertiary/aromatic N) is 1. The molecular formula is C16H21NO4. The van der Waals surface area contributed by atoms with Gasteiger partial charge >= 0.3 is 0 Å². The average molecular weight is 291 g/mol. The van der Waals surface area contributed by atoms with Crippen molar-refractivity contribution < 1.29 is 19.1 Å². The van der Waals surface area contributed by atoms with Crippen molar-refractivity contribution in [3.63, 3.8) is 0 Å². The molecule has 0 bridgehead atoms. The van der Waals surface area contributed by atoms with E-state index in [0.717, 1.165) is 11.8 Å². The molecule has 2 atom stereocenters. The first-order chi connectivity index (χ1) is 10.1. The predicted molar refractivity (Wildman–Crippen MR) is 78.3 cm³/mol. The van der Waals surface area contributed by atoms with E-state index < -0.39 is 0 Å². The Morgan fingerprint density at radius 3 is 2.62 bits per heavy atom. The van der Waals surface area contributed by atoms with E-state index in [9.17, 15) is 9.59 Å². The molecule has 0 N–H and O–H groups in total. The van der Waals surface area contributed by atoms with Crippen molar-refractivity contribution in [2.75, 3.05) is 20.8 Å². The van der Waals surface area contributed by atoms with Gasteiger partial charge in [-0.1, -0.05) is 6.92 Å². The molecule has 114 valence electrons. The van der Waals surface area contributed by atoms with Crippen molar-refractivity contribution in [2.24, 2.45) is 11.8 Å². The number of hydrogen-bond acceptors (Lipinski definition) is 4. The fraction of sp³-hybridized carbons (Fsp3) is 0.500. The second-order valence-corrected chi connectivity index (χ2v) is 5.21. The summed E-state index contributed by atoms with van der Waals surface area (Å²) in [4.78, 5) is 25.2. The number of methoxy groups -OCH3 is 2. The zero-order chi connectivity index (χ0) is 15.4. The molecule has 1 amide bonds. The van der Waals surface area contributed by atoms with Crippen LogP contribution in [0, 0.1) is 11.8 Å². The van der Waals surface area contributed by atoms with Crippen LogP contribution in [0.2, 0.25) is 0 Å². The third-order valence-electron chi connectivity index (χ3n) is 4.05. The Hall–Kier alpha value is -2.04. The Balaban J connectivity index is 2.18. The number of carbonyl (C=O) groups excluding carboxylic acids is 2. The second kappa shape index (κ2) is 6.61. The minimum atomic E-state index is -0.202. The van der Waals surface area contributed by atoms with Gasteiger partial charge in [-0.05, 0) is 18.6 Å². The van der Waals surface area contributed by atoms with Gasteiger partial charge in [0.05, 0.1) is 14.2 Å². The van der Waals surface area contributed by atoms with Crippen LogP contribution in [0.5, 0.6) is 11.5 Å². The molecule has 1 aliphatic rings. The maximum atomic E-state index is 12.3. The van der Waals surface area contributed by atoms with Crippen LogP contribution >= 0.6 is 0 Å². The van der Waals surface area contributed by atoms with E-state index in [0.29, 0.717) is 31.0 Å². The summed E-state index contributed by atoms with van der Waals surface area (Å²) < 4.78 is 10.5. The van der Waals surface area contributed by atoms with Crippen LogP contribution < -0.4 is 9.47 Å². The molecule has 1 fully saturated rings. The number of aldehydes is 1. The molecule has 0 saturated carbocycles. The summed E-state index contributed by atoms with van der Waals surface area (Å²) in [5.41, 5.74) is 0.910. The molecule has 21 heavy (non-hydrogen) atoms. The molecule has 5 heteroatoms. The number of rotatable bonds is 6. The summed E-state index contributed by atoms with van der Waals surface area (Å²) in [5, 5.41) is 0. The van der Waals surface area contributed by atoms with E-state index in [1.807, 2.05) is 19.1 Å². The van der Waals surface area contributed by atoms with Crippen LogP contribution in [0.4, 0.5) is 0 Å². The van der Waals surface area contributed by atoms with Crippen molar-refractivity contribution >= 4 is 12.2 Å². The van der Waals surface area contributed by atoms with Gasteiger partial charge in [0.2, 0.25) is 5.91 Å². The van der Waals surface area contributed by atoms with Gasteiger partial charge in [0.15, 0.2) is 0 Å². The molecule has 0 spiro atoms. The van der Waals surface area contributed by atoms with E-state index in [1.165, 1.54) is 0 Å². The summed E-state index contributed by atoms with van der Waals surface area (Å²) in [7, 11) is 3.19. The summed E-state index contributed by atoms with van der Waals surface area (Å²) in [6, 6.07) is 5.53. The van der Waals surface area contributed by atoms with Gasteiger partial charge in [-0.15, -0.1) is 0 Å². The molecule has 0 aromatic heterocycles. The van der Waals surface area contributed by atoms with Gasteiger partial charge in [-0.25, -0.2) is 0 Å². The van der Waals surface area contributed by atoms with Gasteiger partial charge in [0, 0.05) is 36.6 Å². The van der Waals surface area contributed by atoms with Crippen LogP contribution in [0.1, 0.15) is 18.9 Å². The zero-order valence-corrected chi connectivity index (χ0v) is 12.7. The fourth-order valence-corrected chi connectivity index (χ4v) is 2.84. The van der Waals surface area contributed by atoms with Crippen LogP contribution in [0.3, 0.4) is 0 Å². The summed E-state index contributed by atoms with van der Waals surface area (Å²) in [6.45, 7) is 2.87. The predicted octanol–water partition coefficient (Wildman–Crippen LogP) is 1.89. The SMILES string of the molecule is CC[C@H]1C(=O)N(Cc2ccc(OC)cc2OC)C[C@@H]1C=O. The number of amides is 1. The van der Waals surface area contributed by atoms with E-state index >= 15 is 0 Å². The zero-order valence-electron chi connectivity index (χ0n) is 12.7. The Kier molecular flexibility index (Phi) is 4.83. The molecule has 1 aromatic carbocycles. The van der Waals surface area contributed by atoms with Crippen molar-refractivity contribution in [1.29, 1.82) is 0 Å². The largest absolute Gasteiger partial charge is 0.497 e. The molecular weight excluding hydrogens is 270 g/mol. The summed E-state index contributed by atoms with van der Waals surface area (Å²) in [6.07, 6.45) is 1.59. The van der Waals surface area contributed by atoms with E-state index in [4.69, 9.17) is 9.47 Å². The maximum absolute atomic E-state index is 12.3. The molecule has 0 aliphatic carbocycles. The Labute approximate surface area is 124 Å². The third-order valence-corrected chi connectivity index (χ3v) is 4.05. The lowest BCUT2D eigenvalue weighted by molar-refractivity contribution is -0.132. The van der Waals surface area contributed by atoms with Crippen LogP contribution in [0.15, 0.2) is 18.2 Å². The first-order valence-electron chi connectivity index (χ1n) is 7.09. The average Bonchev–Trinajstić information content (AvgIpc) is 2.83. The minimum Gasteiger partial charge on any atom is -0.497 e. The van der Waals surface area contributed by atoms with Crippen molar-refractivity contribution in [3.8, 4) is 11.5 Å². The number of likely N-dealkylation sites (tertiary alicyclic amines) is 1. The quantitative estimate of drug-likeness (QED) is 0.751. The van der Waals surface area contributed by atoms with E-state index in [2.05, 4.69) is 0 Å². The normalized spacial score (nSPS) is 21.5. The van der Waals surface area contributed by atoms with Crippen LogP contribution in [-0.2, 0) is 16.1 Å². The van der Waals surface area contributed by atoms with E-state index in [-0.39, 0.29) is 17.7 Å². The Bertz CT molecular complexity index is 529. The number of hydrogen-bond donors (Lipinski definition) is 0. The topological polar surface area (TPSA) is 55.8 Å². The first kappa shape index (κ1) is 15.4. The molecule has 2 rings (SSSR count). The Morgan fingerprint density at radius 1 is 1.33 bits per heavy atom. The maximum Gasteiger partial charge on any atom is 0.226 e. The van der Waals surface area contributed by atoms with Crippen LogP contribution in [0.25, 0.3) is 0 Å². The van der Waals surface area contributed by atoms with Crippen molar-refractivity contribution in [3.05, 3.63) is 23.8 Å². The third kappa shape index (κ3) is 3.01. The number of benzene rings is 1. The van der Waals surface area contributed by atoms with Gasteiger partial charge in [-0.2, -0.15) is 0 Å². The fourth-order valence-electron chi connectivity index (χ4n) is 2.84. The highest BCUT2D eigenvalue weighted by atomic mass is 16.5. The molecule has 1 heterocycles. The lowest BCUT2D eigenvalue weighted by atomic mass is 9.95. The lowest BCUT2D eigenvalue weighted by Gasteiger charge is -2.18. The summed E-state index contributed by atoms with van der Waals surface area (Å²) in [5.74, 6) is 1.05. The van der Waals surface area contributed by atoms with Gasteiger partial charge in [0.1, 0.15) is 17.8 Å².